The third-order valence-corrected chi connectivity index (χ3v) is 8.38. The highest BCUT2D eigenvalue weighted by molar-refractivity contribution is 6.42. The van der Waals surface area contributed by atoms with Crippen molar-refractivity contribution in [2.45, 2.75) is 69.7 Å². The average Bonchev–Trinajstić information content (AvgIpc) is 3.30. The van der Waals surface area contributed by atoms with E-state index in [1.54, 1.807) is 23.1 Å². The molecule has 0 aromatic heterocycles. The molecule has 0 bridgehead atoms. The van der Waals surface area contributed by atoms with Gasteiger partial charge in [-0.05, 0) is 55.4 Å². The van der Waals surface area contributed by atoms with Gasteiger partial charge < -0.3 is 26.4 Å². The summed E-state index contributed by atoms with van der Waals surface area (Å²) in [6.07, 6.45) is 3.45. The molecule has 0 saturated carbocycles. The van der Waals surface area contributed by atoms with Crippen LogP contribution in [0.25, 0.3) is 0 Å². The number of fused-ring (bicyclic) bond motifs is 1. The number of amides is 3. The number of rotatable bonds is 10. The second-order valence-electron chi connectivity index (χ2n) is 10.6. The number of carbonyl (C=O) groups is 4. The first-order valence-corrected chi connectivity index (χ1v) is 14.8. The molecular weight excluding hydrogens is 581 g/mol. The second-order valence-corrected chi connectivity index (χ2v) is 11.4. The molecule has 4 rings (SSSR count). The molecule has 2 aliphatic rings. The van der Waals surface area contributed by atoms with Crippen molar-refractivity contribution in [2.75, 3.05) is 19.6 Å². The Hall–Kier alpha value is -3.18. The molecule has 0 radical (unpaired) electrons. The van der Waals surface area contributed by atoms with E-state index < -0.39 is 6.04 Å². The van der Waals surface area contributed by atoms with Crippen LogP contribution in [0.3, 0.4) is 0 Å². The highest BCUT2D eigenvalue weighted by atomic mass is 35.5. The molecule has 2 fully saturated rings. The average molecular weight is 621 g/mol. The van der Waals surface area contributed by atoms with Crippen molar-refractivity contribution >= 4 is 47.4 Å². The van der Waals surface area contributed by atoms with Crippen LogP contribution in [0, 0.1) is 0 Å². The van der Waals surface area contributed by atoms with Gasteiger partial charge in [-0.1, -0.05) is 59.6 Å². The number of aryl methyl sites for hydroxylation is 1. The normalized spacial score (nSPS) is 20.9. The van der Waals surface area contributed by atoms with E-state index in [-0.39, 0.29) is 55.4 Å². The van der Waals surface area contributed by atoms with Gasteiger partial charge >= 0.3 is 0 Å². The fraction of sp³-hybridized carbons (Fsp3) is 0.467. The summed E-state index contributed by atoms with van der Waals surface area (Å²) in [6.45, 7) is 2.85. The van der Waals surface area contributed by atoms with Crippen LogP contribution < -0.4 is 16.4 Å². The molecular formula is C30H39Cl2N5O5. The number of hydrogen-bond donors (Lipinski definition) is 4. The molecule has 2 aromatic carbocycles. The van der Waals surface area contributed by atoms with E-state index >= 15 is 0 Å². The summed E-state index contributed by atoms with van der Waals surface area (Å²) >= 11 is 12.2. The molecule has 2 aromatic rings. The minimum absolute atomic E-state index is 0.0670. The van der Waals surface area contributed by atoms with Crippen LogP contribution in [0.4, 0.5) is 0 Å². The summed E-state index contributed by atoms with van der Waals surface area (Å²) in [6, 6.07) is 14.6. The number of carbonyl (C=O) groups excluding carboxylic acids is 3. The summed E-state index contributed by atoms with van der Waals surface area (Å²) in [5.74, 6) is -0.514. The molecule has 2 heterocycles. The van der Waals surface area contributed by atoms with Crippen LogP contribution in [0.5, 0.6) is 0 Å². The van der Waals surface area contributed by atoms with E-state index in [0.717, 1.165) is 24.8 Å². The number of nitrogens with zero attached hydrogens (tertiary/aromatic N) is 2. The first-order chi connectivity index (χ1) is 20.1. The van der Waals surface area contributed by atoms with Gasteiger partial charge in [-0.2, -0.15) is 0 Å². The summed E-state index contributed by atoms with van der Waals surface area (Å²) in [7, 11) is 0. The van der Waals surface area contributed by atoms with Crippen LogP contribution in [-0.4, -0.2) is 82.9 Å². The Labute approximate surface area is 256 Å². The van der Waals surface area contributed by atoms with Crippen LogP contribution >= 0.6 is 23.2 Å². The van der Waals surface area contributed by atoms with Crippen molar-refractivity contribution in [1.29, 1.82) is 0 Å². The monoisotopic (exact) mass is 619 g/mol. The molecule has 228 valence electrons. The number of nitrogens with one attached hydrogen (secondary N) is 2. The lowest BCUT2D eigenvalue weighted by Crippen LogP contribution is -2.54. The highest BCUT2D eigenvalue weighted by Gasteiger charge is 2.45. The van der Waals surface area contributed by atoms with Gasteiger partial charge in [0.25, 0.3) is 6.47 Å². The van der Waals surface area contributed by atoms with Crippen LogP contribution in [0.2, 0.25) is 10.0 Å². The van der Waals surface area contributed by atoms with Crippen molar-refractivity contribution < 1.29 is 24.3 Å². The van der Waals surface area contributed by atoms with Crippen molar-refractivity contribution in [3.63, 3.8) is 0 Å². The Kier molecular flexibility index (Phi) is 13.1. The Bertz CT molecular complexity index is 1220. The SMILES string of the molecule is CC(=O)NCC[C@H](C(=O)NCc1ccc(Cl)c(Cl)c1)N1CCC(CCc2ccccc2)N2C[C@H](N)C[C@H]2C1=O.O=CO. The zero-order valence-electron chi connectivity index (χ0n) is 23.7. The van der Waals surface area contributed by atoms with Gasteiger partial charge in [-0.25, -0.2) is 0 Å². The van der Waals surface area contributed by atoms with Gasteiger partial charge in [0.05, 0.1) is 16.1 Å². The number of benzene rings is 2. The first-order valence-electron chi connectivity index (χ1n) is 14.0. The van der Waals surface area contributed by atoms with E-state index in [2.05, 4.69) is 27.7 Å². The topological polar surface area (TPSA) is 145 Å². The third-order valence-electron chi connectivity index (χ3n) is 7.64. The number of hydrogen-bond acceptors (Lipinski definition) is 6. The lowest BCUT2D eigenvalue weighted by Gasteiger charge is -2.32. The molecule has 0 spiro atoms. The predicted molar refractivity (Wildman–Crippen MR) is 162 cm³/mol. The number of carboxylic acid groups (broad SMARTS) is 1. The Morgan fingerprint density at radius 1 is 1.12 bits per heavy atom. The van der Waals surface area contributed by atoms with Gasteiger partial charge in [-0.15, -0.1) is 0 Å². The zero-order chi connectivity index (χ0) is 30.6. The largest absolute Gasteiger partial charge is 0.483 e. The van der Waals surface area contributed by atoms with Gasteiger partial charge in [0.1, 0.15) is 6.04 Å². The van der Waals surface area contributed by atoms with Gasteiger partial charge in [0.15, 0.2) is 0 Å². The van der Waals surface area contributed by atoms with Crippen molar-refractivity contribution in [3.05, 3.63) is 69.7 Å². The Morgan fingerprint density at radius 2 is 1.83 bits per heavy atom. The van der Waals surface area contributed by atoms with E-state index in [9.17, 15) is 14.4 Å². The standard InChI is InChI=1S/C29H37Cl2N5O3.CH2O2/c1-19(37)33-13-11-26(28(38)34-17-21-8-10-24(30)25(31)15-21)35-14-12-23(9-7-20-5-3-2-4-6-20)36-18-22(32)16-27(36)29(35)39;2-1-3/h2-6,8,10,15,22-23,26-27H,7,9,11-14,16-18,32H2,1H3,(H,33,37)(H,34,38);1H,(H,2,3)/t22-,23?,26-,27+;/m1./s1. The fourth-order valence-corrected chi connectivity index (χ4v) is 5.98. The fourth-order valence-electron chi connectivity index (χ4n) is 5.66. The molecule has 42 heavy (non-hydrogen) atoms. The molecule has 2 saturated heterocycles. The minimum Gasteiger partial charge on any atom is -0.483 e. The minimum atomic E-state index is -0.723. The van der Waals surface area contributed by atoms with Crippen LogP contribution in [-0.2, 0) is 32.1 Å². The smallest absolute Gasteiger partial charge is 0.290 e. The van der Waals surface area contributed by atoms with Gasteiger partial charge in [0, 0.05) is 45.2 Å². The van der Waals surface area contributed by atoms with Gasteiger partial charge in [0.2, 0.25) is 17.7 Å². The number of nitrogens with two attached hydrogens (primary N) is 1. The highest BCUT2D eigenvalue weighted by Crippen LogP contribution is 2.30. The lowest BCUT2D eigenvalue weighted by molar-refractivity contribution is -0.143. The van der Waals surface area contributed by atoms with Crippen molar-refractivity contribution in [2.24, 2.45) is 5.73 Å². The van der Waals surface area contributed by atoms with Gasteiger partial charge in [-0.3, -0.25) is 24.1 Å². The predicted octanol–water partition coefficient (Wildman–Crippen LogP) is 2.84. The maximum atomic E-state index is 13.9. The molecule has 10 nitrogen and oxygen atoms in total. The quantitative estimate of drug-likeness (QED) is 0.299. The first kappa shape index (κ1) is 33.3. The van der Waals surface area contributed by atoms with E-state index in [4.69, 9.17) is 38.8 Å². The Balaban J connectivity index is 0.00000155. The molecule has 2 aliphatic heterocycles. The van der Waals surface area contributed by atoms with E-state index in [1.165, 1.54) is 12.5 Å². The number of halogens is 2. The van der Waals surface area contributed by atoms with Crippen molar-refractivity contribution in [1.82, 2.24) is 20.4 Å². The molecule has 3 amide bonds. The Morgan fingerprint density at radius 3 is 2.50 bits per heavy atom. The third kappa shape index (κ3) is 9.42. The zero-order valence-corrected chi connectivity index (χ0v) is 25.2. The second kappa shape index (κ2) is 16.5. The molecule has 1 unspecified atom stereocenters. The summed E-state index contributed by atoms with van der Waals surface area (Å²) in [5.41, 5.74) is 8.41. The molecule has 0 aliphatic carbocycles. The van der Waals surface area contributed by atoms with Crippen LogP contribution in [0.15, 0.2) is 48.5 Å². The molecule has 5 N–H and O–H groups in total. The molecule has 12 heteroatoms. The van der Waals surface area contributed by atoms with E-state index in [1.807, 2.05) is 18.2 Å². The van der Waals surface area contributed by atoms with E-state index in [0.29, 0.717) is 36.0 Å². The summed E-state index contributed by atoms with van der Waals surface area (Å²) in [4.78, 5) is 51.3. The summed E-state index contributed by atoms with van der Waals surface area (Å²) in [5, 5.41) is 13.5. The summed E-state index contributed by atoms with van der Waals surface area (Å²) < 4.78 is 0. The van der Waals surface area contributed by atoms with Crippen molar-refractivity contribution in [3.8, 4) is 0 Å². The maximum Gasteiger partial charge on any atom is 0.290 e. The lowest BCUT2D eigenvalue weighted by atomic mass is 10.0. The maximum absolute atomic E-state index is 13.9. The molecule has 4 atom stereocenters. The van der Waals surface area contributed by atoms with Crippen LogP contribution in [0.1, 0.15) is 43.7 Å².